The predicted molar refractivity (Wildman–Crippen MR) is 196 cm³/mol. The number of nitrogens with one attached hydrogen (secondary N) is 4. The summed E-state index contributed by atoms with van der Waals surface area (Å²) in [4.78, 5) is 70.5. The molecule has 0 radical (unpaired) electrons. The van der Waals surface area contributed by atoms with Crippen LogP contribution in [0.3, 0.4) is 0 Å². The number of aromatic nitrogens is 4. The zero-order valence-corrected chi connectivity index (χ0v) is 30.4. The van der Waals surface area contributed by atoms with Crippen molar-refractivity contribution in [3.8, 4) is 33.6 Å². The normalized spacial score (nSPS) is 21.7. The second-order valence-electron chi connectivity index (χ2n) is 14.3. The van der Waals surface area contributed by atoms with Gasteiger partial charge in [-0.1, -0.05) is 62.4 Å². The van der Waals surface area contributed by atoms with Gasteiger partial charge in [-0.2, -0.15) is 0 Å². The largest absolute Gasteiger partial charge is 0.453 e. The maximum atomic E-state index is 13.5. The second-order valence-corrected chi connectivity index (χ2v) is 14.3. The van der Waals surface area contributed by atoms with Gasteiger partial charge < -0.3 is 39.9 Å². The molecule has 0 saturated carbocycles. The Morgan fingerprint density at radius 3 is 1.87 bits per heavy atom. The van der Waals surface area contributed by atoms with Crippen LogP contribution in [0, 0.1) is 5.92 Å². The Morgan fingerprint density at radius 1 is 0.755 bits per heavy atom. The lowest BCUT2D eigenvalue weighted by Crippen LogP contribution is -2.54. The quantitative estimate of drug-likeness (QED) is 0.170. The fraction of sp³-hybridized carbons (Fsp3) is 0.436. The van der Waals surface area contributed by atoms with E-state index in [2.05, 4.69) is 79.1 Å². The highest BCUT2D eigenvalue weighted by Gasteiger charge is 2.45. The number of piperidine rings is 1. The number of H-pyrrole nitrogens is 2. The maximum absolute atomic E-state index is 13.5. The predicted octanol–water partition coefficient (Wildman–Crippen LogP) is 5.73. The number of rotatable bonds is 9. The van der Waals surface area contributed by atoms with Crippen molar-refractivity contribution >= 4 is 24.0 Å². The lowest BCUT2D eigenvalue weighted by molar-refractivity contribution is -0.139. The summed E-state index contributed by atoms with van der Waals surface area (Å²) in [7, 11) is 2.59. The standard InChI is InChI=1S/C39H46N8O6/c1-22(2)33(45-39(51)53-4)37(49)46-19-5-6-31(46)34-40-20-29(42-34)25-11-7-23(8-12-25)24-9-13-26(14-10-24)30-21-41-35(43-30)32-18-16-27-15-17-28(36(48)47(27)32)44-38(50)52-3/h7-14,20-22,27-28,31-33H,5-6,15-19H2,1-4H3,(H,40,42)(H,41,43)(H,44,50)(H,45,51)/t27?,28?,31-,32-,33-/m0/s1. The molecule has 4 N–H and O–H groups in total. The van der Waals surface area contributed by atoms with Crippen LogP contribution >= 0.6 is 0 Å². The van der Waals surface area contributed by atoms with Gasteiger partial charge in [-0.3, -0.25) is 9.59 Å². The molecule has 4 amide bonds. The summed E-state index contributed by atoms with van der Waals surface area (Å²) < 4.78 is 9.47. The molecule has 14 heteroatoms. The summed E-state index contributed by atoms with van der Waals surface area (Å²) in [6.07, 6.45) is 7.18. The van der Waals surface area contributed by atoms with Crippen molar-refractivity contribution in [1.82, 2.24) is 40.4 Å². The van der Waals surface area contributed by atoms with Gasteiger partial charge in [-0.05, 0) is 66.7 Å². The number of hydrogen-bond donors (Lipinski definition) is 4. The number of imidazole rings is 2. The van der Waals surface area contributed by atoms with Crippen LogP contribution in [-0.2, 0) is 19.1 Å². The lowest BCUT2D eigenvalue weighted by atomic mass is 9.98. The SMILES string of the molecule is COC(=O)NC1CCC2CC[C@@H](c3ncc(-c4ccc(-c5ccc(-c6cnc([C@@H]7CCCN7C(=O)[C@@H](NC(=O)OC)C(C)C)[nH]6)cc5)cc4)[nH]3)N2C1=O. The molecule has 7 rings (SSSR count). The first-order chi connectivity index (χ1) is 25.6. The average Bonchev–Trinajstić information content (AvgIpc) is 4.01. The van der Waals surface area contributed by atoms with Crippen LogP contribution in [-0.4, -0.2) is 92.6 Å². The molecular weight excluding hydrogens is 676 g/mol. The zero-order chi connectivity index (χ0) is 37.2. The molecule has 14 nitrogen and oxygen atoms in total. The highest BCUT2D eigenvalue weighted by Crippen LogP contribution is 2.41. The minimum absolute atomic E-state index is 0.0889. The third-order valence-corrected chi connectivity index (χ3v) is 10.8. The van der Waals surface area contributed by atoms with Gasteiger partial charge in [-0.25, -0.2) is 19.6 Å². The molecule has 3 fully saturated rings. The summed E-state index contributed by atoms with van der Waals surface area (Å²) >= 11 is 0. The van der Waals surface area contributed by atoms with Crippen molar-refractivity contribution in [3.05, 3.63) is 72.6 Å². The van der Waals surface area contributed by atoms with Crippen LogP contribution in [0.1, 0.15) is 76.1 Å². The first-order valence-electron chi connectivity index (χ1n) is 18.3. The molecular formula is C39H46N8O6. The maximum Gasteiger partial charge on any atom is 0.407 e. The third-order valence-electron chi connectivity index (χ3n) is 10.8. The second kappa shape index (κ2) is 15.1. The van der Waals surface area contributed by atoms with Crippen molar-refractivity contribution in [3.63, 3.8) is 0 Å². The Labute approximate surface area is 308 Å². The van der Waals surface area contributed by atoms with Crippen LogP contribution in [0.15, 0.2) is 60.9 Å². The van der Waals surface area contributed by atoms with Gasteiger partial charge >= 0.3 is 12.2 Å². The summed E-state index contributed by atoms with van der Waals surface area (Å²) in [6, 6.07) is 15.0. The first-order valence-corrected chi connectivity index (χ1v) is 18.3. The van der Waals surface area contributed by atoms with Gasteiger partial charge in [0.15, 0.2) is 0 Å². The van der Waals surface area contributed by atoms with E-state index in [1.165, 1.54) is 14.2 Å². The number of aromatic amines is 2. The Bertz CT molecular complexity index is 1950. The Hall–Kier alpha value is -5.66. The van der Waals surface area contributed by atoms with E-state index in [1.54, 1.807) is 11.1 Å². The van der Waals surface area contributed by atoms with E-state index >= 15 is 0 Å². The summed E-state index contributed by atoms with van der Waals surface area (Å²) in [5.41, 5.74) is 5.82. The van der Waals surface area contributed by atoms with E-state index in [4.69, 9.17) is 9.47 Å². The molecule has 2 unspecified atom stereocenters. The first kappa shape index (κ1) is 35.7. The highest BCUT2D eigenvalue weighted by molar-refractivity contribution is 5.87. The van der Waals surface area contributed by atoms with Crippen molar-refractivity contribution in [1.29, 1.82) is 0 Å². The molecule has 53 heavy (non-hydrogen) atoms. The molecule has 2 aromatic heterocycles. The van der Waals surface area contributed by atoms with Gasteiger partial charge in [0.2, 0.25) is 11.8 Å². The monoisotopic (exact) mass is 722 g/mol. The molecule has 0 aliphatic carbocycles. The van der Waals surface area contributed by atoms with Crippen LogP contribution < -0.4 is 10.6 Å². The van der Waals surface area contributed by atoms with Crippen LogP contribution in [0.2, 0.25) is 0 Å². The molecule has 3 saturated heterocycles. The Morgan fingerprint density at radius 2 is 1.30 bits per heavy atom. The van der Waals surface area contributed by atoms with Gasteiger partial charge in [0.1, 0.15) is 23.7 Å². The van der Waals surface area contributed by atoms with Gasteiger partial charge in [0.05, 0.1) is 50.1 Å². The van der Waals surface area contributed by atoms with Crippen molar-refractivity contribution in [2.75, 3.05) is 20.8 Å². The third kappa shape index (κ3) is 7.22. The number of amides is 4. The van der Waals surface area contributed by atoms with E-state index in [0.717, 1.165) is 77.4 Å². The van der Waals surface area contributed by atoms with Crippen molar-refractivity contribution < 1.29 is 28.7 Å². The topological polar surface area (TPSA) is 175 Å². The number of nitrogens with zero attached hydrogens (tertiary/aromatic N) is 4. The van der Waals surface area contributed by atoms with Crippen LogP contribution in [0.4, 0.5) is 9.59 Å². The Balaban J connectivity index is 1.00. The summed E-state index contributed by atoms with van der Waals surface area (Å²) in [5.74, 6) is 1.14. The van der Waals surface area contributed by atoms with E-state index in [0.29, 0.717) is 13.0 Å². The molecule has 278 valence electrons. The van der Waals surface area contributed by atoms with Gasteiger partial charge in [0, 0.05) is 12.6 Å². The van der Waals surface area contributed by atoms with Gasteiger partial charge in [-0.15, -0.1) is 0 Å². The molecule has 0 bridgehead atoms. The molecule has 4 aromatic rings. The smallest absolute Gasteiger partial charge is 0.407 e. The fourth-order valence-corrected chi connectivity index (χ4v) is 7.95. The van der Waals surface area contributed by atoms with Gasteiger partial charge in [0.25, 0.3) is 0 Å². The minimum atomic E-state index is -0.685. The van der Waals surface area contributed by atoms with Crippen LogP contribution in [0.25, 0.3) is 33.6 Å². The molecule has 3 aliphatic rings. The minimum Gasteiger partial charge on any atom is -0.453 e. The summed E-state index contributed by atoms with van der Waals surface area (Å²) in [6.45, 7) is 4.40. The summed E-state index contributed by atoms with van der Waals surface area (Å²) in [5, 5.41) is 5.37. The number of ether oxygens (including phenoxy) is 2. The van der Waals surface area contributed by atoms with E-state index in [9.17, 15) is 19.2 Å². The van der Waals surface area contributed by atoms with Crippen LogP contribution in [0.5, 0.6) is 0 Å². The number of benzene rings is 2. The molecule has 0 spiro atoms. The number of carbonyl (C=O) groups excluding carboxylic acids is 4. The Kier molecular flexibility index (Phi) is 10.2. The average molecular weight is 723 g/mol. The molecule has 5 atom stereocenters. The molecule has 3 aliphatic heterocycles. The fourth-order valence-electron chi connectivity index (χ4n) is 7.95. The lowest BCUT2D eigenvalue weighted by Gasteiger charge is -2.37. The highest BCUT2D eigenvalue weighted by atomic mass is 16.5. The van der Waals surface area contributed by atoms with E-state index in [-0.39, 0.29) is 35.9 Å². The number of fused-ring (bicyclic) bond motifs is 1. The zero-order valence-electron chi connectivity index (χ0n) is 30.4. The van der Waals surface area contributed by atoms with E-state index < -0.39 is 24.3 Å². The number of alkyl carbamates (subject to hydrolysis) is 2. The van der Waals surface area contributed by atoms with Crippen molar-refractivity contribution in [2.24, 2.45) is 5.92 Å². The van der Waals surface area contributed by atoms with Crippen molar-refractivity contribution in [2.45, 2.75) is 82.6 Å². The number of hydrogen-bond acceptors (Lipinski definition) is 8. The number of likely N-dealkylation sites (tertiary alicyclic amines) is 1. The molecule has 5 heterocycles. The number of methoxy groups -OCH3 is 2. The number of carbonyl (C=O) groups is 4. The van der Waals surface area contributed by atoms with E-state index in [1.807, 2.05) is 24.9 Å². The molecule has 2 aromatic carbocycles.